The van der Waals surface area contributed by atoms with Crippen LogP contribution >= 0.6 is 11.3 Å². The molecule has 0 atom stereocenters. The normalized spacial score (nSPS) is 17.8. The molecule has 0 saturated heterocycles. The third kappa shape index (κ3) is 2.67. The standard InChI is InChI=1S/C13H17N5O2S/c1-9-14-7-10(21-9)11-15-16-17-18(11)8-13(12(19)20)5-3-2-4-6-13/h7H,2-6,8H2,1H3,(H,19,20). The van der Waals surface area contributed by atoms with Gasteiger partial charge in [0.15, 0.2) is 5.82 Å². The first-order chi connectivity index (χ1) is 10.1. The van der Waals surface area contributed by atoms with E-state index in [0.29, 0.717) is 25.2 Å². The summed E-state index contributed by atoms with van der Waals surface area (Å²) in [4.78, 5) is 16.8. The first-order valence-electron chi connectivity index (χ1n) is 7.03. The summed E-state index contributed by atoms with van der Waals surface area (Å²) < 4.78 is 1.62. The van der Waals surface area contributed by atoms with E-state index in [1.54, 1.807) is 10.9 Å². The molecule has 0 bridgehead atoms. The Morgan fingerprint density at radius 3 is 2.81 bits per heavy atom. The van der Waals surface area contributed by atoms with Crippen LogP contribution in [0.15, 0.2) is 6.20 Å². The number of aliphatic carboxylic acids is 1. The Morgan fingerprint density at radius 2 is 2.19 bits per heavy atom. The number of carbonyl (C=O) groups is 1. The molecular weight excluding hydrogens is 290 g/mol. The van der Waals surface area contributed by atoms with Crippen LogP contribution in [0.1, 0.15) is 37.1 Å². The van der Waals surface area contributed by atoms with Gasteiger partial charge in [-0.05, 0) is 30.2 Å². The van der Waals surface area contributed by atoms with Crippen molar-refractivity contribution < 1.29 is 9.90 Å². The number of hydrogen-bond donors (Lipinski definition) is 1. The minimum atomic E-state index is -0.748. The molecule has 0 aromatic carbocycles. The van der Waals surface area contributed by atoms with E-state index in [9.17, 15) is 9.90 Å². The van der Waals surface area contributed by atoms with Crippen molar-refractivity contribution in [3.63, 3.8) is 0 Å². The number of carboxylic acids is 1. The molecule has 1 fully saturated rings. The Balaban J connectivity index is 1.91. The van der Waals surface area contributed by atoms with E-state index in [4.69, 9.17) is 0 Å². The molecule has 0 unspecified atom stereocenters. The highest BCUT2D eigenvalue weighted by molar-refractivity contribution is 7.14. The van der Waals surface area contributed by atoms with E-state index in [1.165, 1.54) is 11.3 Å². The summed E-state index contributed by atoms with van der Waals surface area (Å²) in [6, 6.07) is 0. The maximum Gasteiger partial charge on any atom is 0.311 e. The lowest BCUT2D eigenvalue weighted by Gasteiger charge is -2.32. The van der Waals surface area contributed by atoms with Gasteiger partial charge in [-0.25, -0.2) is 9.67 Å². The fourth-order valence-corrected chi connectivity index (χ4v) is 3.67. The molecule has 1 saturated carbocycles. The number of tetrazole rings is 1. The van der Waals surface area contributed by atoms with Gasteiger partial charge < -0.3 is 5.11 Å². The van der Waals surface area contributed by atoms with Crippen LogP contribution in [0.3, 0.4) is 0 Å². The van der Waals surface area contributed by atoms with Gasteiger partial charge in [0.1, 0.15) is 0 Å². The molecule has 0 spiro atoms. The summed E-state index contributed by atoms with van der Waals surface area (Å²) in [7, 11) is 0. The Kier molecular flexibility index (Phi) is 3.71. The number of hydrogen-bond acceptors (Lipinski definition) is 6. The van der Waals surface area contributed by atoms with Crippen molar-refractivity contribution in [2.75, 3.05) is 0 Å². The SMILES string of the molecule is Cc1ncc(-c2nnnn2CC2(C(=O)O)CCCCC2)s1. The predicted molar refractivity (Wildman–Crippen MR) is 76.8 cm³/mol. The number of aryl methyl sites for hydroxylation is 1. The third-order valence-corrected chi connectivity index (χ3v) is 5.00. The monoisotopic (exact) mass is 307 g/mol. The summed E-state index contributed by atoms with van der Waals surface area (Å²) in [6.45, 7) is 2.24. The molecule has 0 aliphatic heterocycles. The molecule has 7 nitrogen and oxygen atoms in total. The third-order valence-electron chi connectivity index (χ3n) is 4.09. The van der Waals surface area contributed by atoms with Crippen LogP contribution in [0.2, 0.25) is 0 Å². The average Bonchev–Trinajstić information content (AvgIpc) is 3.08. The first-order valence-corrected chi connectivity index (χ1v) is 7.85. The second-order valence-corrected chi connectivity index (χ2v) is 6.78. The second kappa shape index (κ2) is 5.51. The van der Waals surface area contributed by atoms with Gasteiger partial charge in [0.2, 0.25) is 0 Å². The van der Waals surface area contributed by atoms with Crippen molar-refractivity contribution in [2.24, 2.45) is 5.41 Å². The molecule has 1 aliphatic carbocycles. The minimum Gasteiger partial charge on any atom is -0.481 e. The van der Waals surface area contributed by atoms with Crippen molar-refractivity contribution in [3.8, 4) is 10.7 Å². The summed E-state index contributed by atoms with van der Waals surface area (Å²) >= 11 is 1.51. The summed E-state index contributed by atoms with van der Waals surface area (Å²) in [5.41, 5.74) is -0.748. The molecule has 2 aromatic heterocycles. The van der Waals surface area contributed by atoms with E-state index in [0.717, 1.165) is 29.1 Å². The summed E-state index contributed by atoms with van der Waals surface area (Å²) in [5.74, 6) is -0.143. The maximum atomic E-state index is 11.8. The molecule has 2 heterocycles. The molecule has 1 N–H and O–H groups in total. The van der Waals surface area contributed by atoms with E-state index in [2.05, 4.69) is 20.5 Å². The van der Waals surface area contributed by atoms with Gasteiger partial charge in [0.25, 0.3) is 0 Å². The van der Waals surface area contributed by atoms with Crippen molar-refractivity contribution in [3.05, 3.63) is 11.2 Å². The van der Waals surface area contributed by atoms with Crippen molar-refractivity contribution in [1.82, 2.24) is 25.2 Å². The highest BCUT2D eigenvalue weighted by atomic mass is 32.1. The van der Waals surface area contributed by atoms with Gasteiger partial charge in [0, 0.05) is 6.20 Å². The van der Waals surface area contributed by atoms with Crippen LogP contribution in [-0.4, -0.2) is 36.3 Å². The quantitative estimate of drug-likeness (QED) is 0.930. The van der Waals surface area contributed by atoms with Gasteiger partial charge in [-0.2, -0.15) is 0 Å². The van der Waals surface area contributed by atoms with Gasteiger partial charge >= 0.3 is 5.97 Å². The van der Waals surface area contributed by atoms with Gasteiger partial charge in [-0.15, -0.1) is 16.4 Å². The van der Waals surface area contributed by atoms with Crippen LogP contribution in [0.5, 0.6) is 0 Å². The Labute approximate surface area is 126 Å². The zero-order chi connectivity index (χ0) is 14.9. The van der Waals surface area contributed by atoms with Gasteiger partial charge in [0.05, 0.1) is 21.8 Å². The molecule has 21 heavy (non-hydrogen) atoms. The highest BCUT2D eigenvalue weighted by Gasteiger charge is 2.41. The molecule has 8 heteroatoms. The molecule has 2 aromatic rings. The van der Waals surface area contributed by atoms with E-state index in [-0.39, 0.29) is 0 Å². The van der Waals surface area contributed by atoms with Crippen molar-refractivity contribution in [2.45, 2.75) is 45.6 Å². The lowest BCUT2D eigenvalue weighted by Crippen LogP contribution is -2.38. The number of nitrogens with zero attached hydrogens (tertiary/aromatic N) is 5. The summed E-state index contributed by atoms with van der Waals surface area (Å²) in [5, 5.41) is 22.3. The van der Waals surface area contributed by atoms with Crippen molar-refractivity contribution in [1.29, 1.82) is 0 Å². The summed E-state index contributed by atoms with van der Waals surface area (Å²) in [6.07, 6.45) is 6.10. The molecule has 0 radical (unpaired) electrons. The van der Waals surface area contributed by atoms with Gasteiger partial charge in [-0.3, -0.25) is 4.79 Å². The second-order valence-electron chi connectivity index (χ2n) is 5.55. The van der Waals surface area contributed by atoms with Crippen LogP contribution in [0.25, 0.3) is 10.7 Å². The van der Waals surface area contributed by atoms with Crippen LogP contribution in [-0.2, 0) is 11.3 Å². The maximum absolute atomic E-state index is 11.8. The Hall–Kier alpha value is -1.83. The zero-order valence-corrected chi connectivity index (χ0v) is 12.6. The minimum absolute atomic E-state index is 0.321. The van der Waals surface area contributed by atoms with Crippen LogP contribution in [0, 0.1) is 12.3 Å². The predicted octanol–water partition coefficient (Wildman–Crippen LogP) is 2.14. The molecule has 1 aliphatic rings. The topological polar surface area (TPSA) is 93.8 Å². The molecule has 0 amide bonds. The zero-order valence-electron chi connectivity index (χ0n) is 11.8. The van der Waals surface area contributed by atoms with Crippen LogP contribution in [0.4, 0.5) is 0 Å². The first kappa shape index (κ1) is 14.1. The average molecular weight is 307 g/mol. The molecular formula is C13H17N5O2S. The lowest BCUT2D eigenvalue weighted by molar-refractivity contribution is -0.152. The fraction of sp³-hybridized carbons (Fsp3) is 0.615. The fourth-order valence-electron chi connectivity index (χ4n) is 2.91. The number of thiazole rings is 1. The van der Waals surface area contributed by atoms with Crippen LogP contribution < -0.4 is 0 Å². The van der Waals surface area contributed by atoms with E-state index < -0.39 is 11.4 Å². The molecule has 3 rings (SSSR count). The number of aromatic nitrogens is 5. The Morgan fingerprint density at radius 1 is 1.43 bits per heavy atom. The van der Waals surface area contributed by atoms with Gasteiger partial charge in [-0.1, -0.05) is 19.3 Å². The number of rotatable bonds is 4. The highest BCUT2D eigenvalue weighted by Crippen LogP contribution is 2.38. The number of carboxylic acid groups (broad SMARTS) is 1. The Bertz CT molecular complexity index is 645. The molecule has 112 valence electrons. The van der Waals surface area contributed by atoms with E-state index in [1.807, 2.05) is 6.92 Å². The van der Waals surface area contributed by atoms with Crippen molar-refractivity contribution >= 4 is 17.3 Å². The smallest absolute Gasteiger partial charge is 0.311 e. The largest absolute Gasteiger partial charge is 0.481 e. The van der Waals surface area contributed by atoms with E-state index >= 15 is 0 Å². The lowest BCUT2D eigenvalue weighted by atomic mass is 9.74.